The number of hydrogen-bond acceptors (Lipinski definition) is 3. The van der Waals surface area contributed by atoms with Gasteiger partial charge in [-0.15, -0.1) is 11.3 Å². The molecule has 0 saturated heterocycles. The number of fused-ring (bicyclic) bond motifs is 1. The molecule has 0 spiro atoms. The summed E-state index contributed by atoms with van der Waals surface area (Å²) in [7, 11) is 0. The fraction of sp³-hybridized carbons (Fsp3) is 0.417. The molecule has 2 heterocycles. The quantitative estimate of drug-likeness (QED) is 0.889. The number of aromatic nitrogens is 2. The van der Waals surface area contributed by atoms with Gasteiger partial charge >= 0.3 is 0 Å². The lowest BCUT2D eigenvalue weighted by molar-refractivity contribution is 1.01. The summed E-state index contributed by atoms with van der Waals surface area (Å²) in [5.74, 6) is 0. The van der Waals surface area contributed by atoms with Gasteiger partial charge in [0.25, 0.3) is 0 Å². The van der Waals surface area contributed by atoms with Crippen LogP contribution >= 0.6 is 11.3 Å². The van der Waals surface area contributed by atoms with E-state index in [9.17, 15) is 0 Å². The van der Waals surface area contributed by atoms with Gasteiger partial charge in [-0.25, -0.2) is 4.98 Å². The molecular formula is C12H17N3S. The van der Waals surface area contributed by atoms with E-state index in [4.69, 9.17) is 5.73 Å². The molecule has 16 heavy (non-hydrogen) atoms. The minimum Gasteiger partial charge on any atom is -0.327 e. The van der Waals surface area contributed by atoms with Gasteiger partial charge in [0, 0.05) is 17.6 Å². The zero-order chi connectivity index (χ0) is 11.7. The second-order valence-electron chi connectivity index (χ2n) is 3.94. The Hall–Kier alpha value is -1.13. The number of thiazole rings is 1. The van der Waals surface area contributed by atoms with E-state index in [-0.39, 0.29) is 0 Å². The number of hydrogen-bond donors (Lipinski definition) is 1. The van der Waals surface area contributed by atoms with Crippen LogP contribution in [0.25, 0.3) is 11.0 Å². The van der Waals surface area contributed by atoms with Crippen LogP contribution in [-0.2, 0) is 0 Å². The molecule has 3 nitrogen and oxygen atoms in total. The van der Waals surface area contributed by atoms with Gasteiger partial charge in [0.1, 0.15) is 0 Å². The summed E-state index contributed by atoms with van der Waals surface area (Å²) in [5, 5.41) is 2.13. The van der Waals surface area contributed by atoms with Crippen LogP contribution in [0, 0.1) is 13.8 Å². The van der Waals surface area contributed by atoms with Gasteiger partial charge in [0.15, 0.2) is 4.96 Å². The molecule has 0 radical (unpaired) electrons. The second-order valence-corrected chi connectivity index (χ2v) is 4.77. The van der Waals surface area contributed by atoms with Crippen molar-refractivity contribution in [2.24, 2.45) is 5.73 Å². The van der Waals surface area contributed by atoms with Crippen LogP contribution < -0.4 is 5.73 Å². The fourth-order valence-corrected chi connectivity index (χ4v) is 2.71. The summed E-state index contributed by atoms with van der Waals surface area (Å²) in [6.07, 6.45) is 3.17. The van der Waals surface area contributed by atoms with Crippen molar-refractivity contribution in [2.75, 3.05) is 6.54 Å². The molecule has 0 saturated carbocycles. The molecule has 2 rings (SSSR count). The lowest BCUT2D eigenvalue weighted by atomic mass is 10.1. The number of imidazole rings is 1. The molecule has 86 valence electrons. The Kier molecular flexibility index (Phi) is 3.12. The van der Waals surface area contributed by atoms with Crippen molar-refractivity contribution in [2.45, 2.75) is 27.2 Å². The van der Waals surface area contributed by atoms with Crippen LogP contribution in [0.1, 0.15) is 30.4 Å². The van der Waals surface area contributed by atoms with E-state index < -0.39 is 0 Å². The zero-order valence-corrected chi connectivity index (χ0v) is 10.8. The first kappa shape index (κ1) is 11.4. The van der Waals surface area contributed by atoms with E-state index in [0.717, 1.165) is 17.1 Å². The molecule has 0 aliphatic heterocycles. The number of nitrogens with zero attached hydrogens (tertiary/aromatic N) is 2. The van der Waals surface area contributed by atoms with Crippen LogP contribution in [0.5, 0.6) is 0 Å². The summed E-state index contributed by atoms with van der Waals surface area (Å²) >= 11 is 1.68. The van der Waals surface area contributed by atoms with Crippen molar-refractivity contribution in [3.8, 4) is 0 Å². The topological polar surface area (TPSA) is 43.3 Å². The highest BCUT2D eigenvalue weighted by Crippen LogP contribution is 2.22. The highest BCUT2D eigenvalue weighted by atomic mass is 32.1. The molecule has 0 fully saturated rings. The van der Waals surface area contributed by atoms with E-state index in [2.05, 4.69) is 41.6 Å². The highest BCUT2D eigenvalue weighted by Gasteiger charge is 2.10. The maximum atomic E-state index is 5.71. The average Bonchev–Trinajstić information content (AvgIpc) is 2.77. The predicted molar refractivity (Wildman–Crippen MR) is 69.9 cm³/mol. The third-order valence-electron chi connectivity index (χ3n) is 2.81. The van der Waals surface area contributed by atoms with Gasteiger partial charge in [-0.2, -0.15) is 0 Å². The zero-order valence-electron chi connectivity index (χ0n) is 9.95. The van der Waals surface area contributed by atoms with E-state index in [0.29, 0.717) is 6.54 Å². The minimum atomic E-state index is 0.617. The van der Waals surface area contributed by atoms with Gasteiger partial charge < -0.3 is 5.73 Å². The minimum absolute atomic E-state index is 0.617. The predicted octanol–water partition coefficient (Wildman–Crippen LogP) is 2.76. The maximum absolute atomic E-state index is 5.71. The first-order chi connectivity index (χ1) is 7.67. The van der Waals surface area contributed by atoms with Crippen molar-refractivity contribution < 1.29 is 0 Å². The highest BCUT2D eigenvalue weighted by molar-refractivity contribution is 7.15. The van der Waals surface area contributed by atoms with Crippen LogP contribution in [0.4, 0.5) is 0 Å². The van der Waals surface area contributed by atoms with Gasteiger partial charge in [0.05, 0.1) is 11.4 Å². The van der Waals surface area contributed by atoms with Crippen LogP contribution in [0.3, 0.4) is 0 Å². The van der Waals surface area contributed by atoms with Crippen LogP contribution in [0.15, 0.2) is 11.0 Å². The lowest BCUT2D eigenvalue weighted by Gasteiger charge is -2.02. The molecule has 0 bridgehead atoms. The summed E-state index contributed by atoms with van der Waals surface area (Å²) in [6.45, 7) is 6.91. The summed E-state index contributed by atoms with van der Waals surface area (Å²) in [6, 6.07) is 0. The fourth-order valence-electron chi connectivity index (χ4n) is 1.79. The molecule has 0 aliphatic rings. The standard InChI is InChI=1S/C12H17N3S/c1-4-10(6-13)5-11-9(3)14-12-15(11)8(2)7-16-12/h5,7H,4,6,13H2,1-3H3. The first-order valence-electron chi connectivity index (χ1n) is 5.50. The van der Waals surface area contributed by atoms with Gasteiger partial charge in [0.2, 0.25) is 0 Å². The van der Waals surface area contributed by atoms with E-state index >= 15 is 0 Å². The molecular weight excluding hydrogens is 218 g/mol. The molecule has 4 heteroatoms. The second kappa shape index (κ2) is 4.39. The van der Waals surface area contributed by atoms with Crippen molar-refractivity contribution in [1.82, 2.24) is 9.38 Å². The average molecular weight is 235 g/mol. The van der Waals surface area contributed by atoms with Gasteiger partial charge in [-0.05, 0) is 26.3 Å². The largest absolute Gasteiger partial charge is 0.327 e. The van der Waals surface area contributed by atoms with Crippen molar-refractivity contribution >= 4 is 22.4 Å². The molecule has 0 aliphatic carbocycles. The van der Waals surface area contributed by atoms with Crippen molar-refractivity contribution in [1.29, 1.82) is 0 Å². The Bertz CT molecular complexity index is 528. The Balaban J connectivity index is 2.62. The summed E-state index contributed by atoms with van der Waals surface area (Å²) < 4.78 is 2.20. The Morgan fingerprint density at radius 1 is 1.56 bits per heavy atom. The number of nitrogens with two attached hydrogens (primary N) is 1. The smallest absolute Gasteiger partial charge is 0.194 e. The van der Waals surface area contributed by atoms with Crippen molar-refractivity contribution in [3.05, 3.63) is 28.0 Å². The molecule has 2 aromatic rings. The van der Waals surface area contributed by atoms with E-state index in [1.165, 1.54) is 17.0 Å². The van der Waals surface area contributed by atoms with E-state index in [1.807, 2.05) is 0 Å². The molecule has 0 atom stereocenters. The molecule has 0 aromatic carbocycles. The van der Waals surface area contributed by atoms with Crippen LogP contribution in [-0.4, -0.2) is 15.9 Å². The lowest BCUT2D eigenvalue weighted by Crippen LogP contribution is -2.02. The molecule has 2 aromatic heterocycles. The van der Waals surface area contributed by atoms with E-state index in [1.54, 1.807) is 11.3 Å². The Labute approximate surface area is 99.6 Å². The van der Waals surface area contributed by atoms with Crippen LogP contribution in [0.2, 0.25) is 0 Å². The third-order valence-corrected chi connectivity index (χ3v) is 3.75. The van der Waals surface area contributed by atoms with Gasteiger partial charge in [-0.1, -0.05) is 12.5 Å². The molecule has 2 N–H and O–H groups in total. The SMILES string of the molecule is CCC(=Cc1c(C)nc2scc(C)n12)CN. The first-order valence-corrected chi connectivity index (χ1v) is 6.38. The molecule has 0 unspecified atom stereocenters. The Morgan fingerprint density at radius 2 is 2.31 bits per heavy atom. The normalized spacial score (nSPS) is 12.6. The van der Waals surface area contributed by atoms with Gasteiger partial charge in [-0.3, -0.25) is 4.40 Å². The molecule has 0 amide bonds. The summed E-state index contributed by atoms with van der Waals surface area (Å²) in [5.41, 5.74) is 10.5. The monoisotopic (exact) mass is 235 g/mol. The number of rotatable bonds is 3. The number of aryl methyl sites for hydroxylation is 2. The summed E-state index contributed by atoms with van der Waals surface area (Å²) in [4.78, 5) is 5.62. The Morgan fingerprint density at radius 3 is 2.94 bits per heavy atom. The van der Waals surface area contributed by atoms with Crippen molar-refractivity contribution in [3.63, 3.8) is 0 Å². The maximum Gasteiger partial charge on any atom is 0.194 e. The third kappa shape index (κ3) is 1.79.